The van der Waals surface area contributed by atoms with Crippen molar-refractivity contribution in [2.75, 3.05) is 19.9 Å². The van der Waals surface area contributed by atoms with Crippen LogP contribution in [-0.4, -0.2) is 25.7 Å². The largest absolute Gasteiger partial charge is 0.454 e. The fourth-order valence-electron chi connectivity index (χ4n) is 5.85. The van der Waals surface area contributed by atoms with E-state index in [0.717, 1.165) is 48.9 Å². The van der Waals surface area contributed by atoms with Crippen molar-refractivity contribution in [1.82, 2.24) is 5.32 Å². The number of rotatable bonds is 7. The summed E-state index contributed by atoms with van der Waals surface area (Å²) in [7, 11) is 0. The average Bonchev–Trinajstić information content (AvgIpc) is 3.49. The monoisotopic (exact) mass is 433 g/mol. The molecule has 1 N–H and O–H groups in total. The third-order valence-electron chi connectivity index (χ3n) is 7.83. The number of benzene rings is 2. The summed E-state index contributed by atoms with van der Waals surface area (Å²) in [4.78, 5) is 12.7. The van der Waals surface area contributed by atoms with E-state index in [0.29, 0.717) is 36.8 Å². The van der Waals surface area contributed by atoms with Crippen molar-refractivity contribution in [3.63, 3.8) is 0 Å². The summed E-state index contributed by atoms with van der Waals surface area (Å²) < 4.78 is 11.0. The minimum Gasteiger partial charge on any atom is -0.454 e. The Morgan fingerprint density at radius 1 is 0.969 bits per heavy atom. The summed E-state index contributed by atoms with van der Waals surface area (Å²) in [5.41, 5.74) is 3.63. The Hall–Kier alpha value is -2.33. The molecular weight excluding hydrogens is 398 g/mol. The van der Waals surface area contributed by atoms with Crippen LogP contribution in [0.2, 0.25) is 0 Å². The van der Waals surface area contributed by atoms with Crippen LogP contribution in [0.5, 0.6) is 11.5 Å². The van der Waals surface area contributed by atoms with Gasteiger partial charge in [-0.3, -0.25) is 4.79 Å². The van der Waals surface area contributed by atoms with Gasteiger partial charge in [-0.05, 0) is 98.5 Å². The van der Waals surface area contributed by atoms with E-state index in [1.54, 1.807) is 0 Å². The van der Waals surface area contributed by atoms with Crippen molar-refractivity contribution in [3.8, 4) is 11.5 Å². The van der Waals surface area contributed by atoms with Crippen LogP contribution in [0.25, 0.3) is 0 Å². The number of carbonyl (C=O) groups excluding carboxylic acids is 1. The third kappa shape index (κ3) is 4.85. The van der Waals surface area contributed by atoms with Crippen LogP contribution in [-0.2, 0) is 0 Å². The fraction of sp³-hybridized carbons (Fsp3) is 0.536. The Labute approximate surface area is 191 Å². The summed E-state index contributed by atoms with van der Waals surface area (Å²) >= 11 is 0. The Kier molecular flexibility index (Phi) is 6.49. The molecule has 2 aromatic carbocycles. The maximum absolute atomic E-state index is 12.7. The maximum Gasteiger partial charge on any atom is 0.231 e. The van der Waals surface area contributed by atoms with Gasteiger partial charge in [0.1, 0.15) is 0 Å². The predicted molar refractivity (Wildman–Crippen MR) is 127 cm³/mol. The quantitative estimate of drug-likeness (QED) is 0.539. The van der Waals surface area contributed by atoms with Crippen LogP contribution in [0.15, 0.2) is 42.5 Å². The van der Waals surface area contributed by atoms with E-state index in [9.17, 15) is 4.79 Å². The van der Waals surface area contributed by atoms with Crippen molar-refractivity contribution in [1.29, 1.82) is 0 Å². The van der Waals surface area contributed by atoms with Gasteiger partial charge < -0.3 is 14.8 Å². The molecule has 4 nitrogen and oxygen atoms in total. The summed E-state index contributed by atoms with van der Waals surface area (Å²) in [5.74, 6) is 4.49. The number of hydrogen-bond donors (Lipinski definition) is 1. The van der Waals surface area contributed by atoms with Crippen molar-refractivity contribution >= 4 is 5.78 Å². The number of ether oxygens (including phenoxy) is 2. The van der Waals surface area contributed by atoms with E-state index in [1.807, 2.05) is 6.07 Å². The zero-order chi connectivity index (χ0) is 21.9. The lowest BCUT2D eigenvalue weighted by molar-refractivity contribution is 0.0952. The average molecular weight is 434 g/mol. The molecule has 4 heteroatoms. The highest BCUT2D eigenvalue weighted by atomic mass is 16.7. The van der Waals surface area contributed by atoms with Crippen LogP contribution >= 0.6 is 0 Å². The maximum atomic E-state index is 12.7. The van der Waals surface area contributed by atoms with Gasteiger partial charge in [0, 0.05) is 12.0 Å². The van der Waals surface area contributed by atoms with Gasteiger partial charge in [-0.25, -0.2) is 0 Å². The standard InChI is InChI=1S/C28H35NO3/c1-19(24-8-9-27-28(17-24)32-18-31-27)14-21-2-3-25(15-21)22-4-6-23(7-5-22)26(30)16-20-10-12-29-13-11-20/h4-9,17,19-21,25,29H,2-3,10-16,18H2,1H3/t19-,21?,25-/m0/s1. The summed E-state index contributed by atoms with van der Waals surface area (Å²) in [6, 6.07) is 14.9. The van der Waals surface area contributed by atoms with Gasteiger partial charge in [0.2, 0.25) is 6.79 Å². The summed E-state index contributed by atoms with van der Waals surface area (Å²) in [6.07, 6.45) is 7.94. The molecule has 2 heterocycles. The summed E-state index contributed by atoms with van der Waals surface area (Å²) in [5, 5.41) is 3.38. The Bertz CT molecular complexity index is 932. The first-order chi connectivity index (χ1) is 15.7. The van der Waals surface area contributed by atoms with Crippen molar-refractivity contribution in [2.24, 2.45) is 11.8 Å². The number of fused-ring (bicyclic) bond motifs is 1. The molecule has 1 saturated carbocycles. The van der Waals surface area contributed by atoms with E-state index in [1.165, 1.54) is 36.8 Å². The zero-order valence-corrected chi connectivity index (χ0v) is 19.1. The lowest BCUT2D eigenvalue weighted by atomic mass is 9.87. The van der Waals surface area contributed by atoms with Crippen LogP contribution in [0.1, 0.15) is 85.2 Å². The molecule has 1 aliphatic carbocycles. The zero-order valence-electron chi connectivity index (χ0n) is 19.1. The van der Waals surface area contributed by atoms with Gasteiger partial charge in [-0.2, -0.15) is 0 Å². The predicted octanol–water partition coefficient (Wildman–Crippen LogP) is 6.07. The molecule has 2 aromatic rings. The smallest absolute Gasteiger partial charge is 0.231 e. The second-order valence-corrected chi connectivity index (χ2v) is 10.1. The number of carbonyl (C=O) groups is 1. The van der Waals surface area contributed by atoms with Crippen LogP contribution in [0, 0.1) is 11.8 Å². The van der Waals surface area contributed by atoms with E-state index in [2.05, 4.69) is 48.6 Å². The topological polar surface area (TPSA) is 47.6 Å². The second-order valence-electron chi connectivity index (χ2n) is 10.1. The SMILES string of the molecule is C[C@@H](CC1CC[C@H](c2ccc(C(=O)CC3CCNCC3)cc2)C1)c1ccc2c(c1)OCO2. The Morgan fingerprint density at radius 3 is 2.56 bits per heavy atom. The second kappa shape index (κ2) is 9.66. The molecule has 0 amide bonds. The van der Waals surface area contributed by atoms with Gasteiger partial charge in [0.25, 0.3) is 0 Å². The van der Waals surface area contributed by atoms with E-state index < -0.39 is 0 Å². The van der Waals surface area contributed by atoms with Gasteiger partial charge in [0.05, 0.1) is 0 Å². The van der Waals surface area contributed by atoms with Gasteiger partial charge in [0.15, 0.2) is 17.3 Å². The third-order valence-corrected chi connectivity index (χ3v) is 7.83. The molecule has 3 aliphatic rings. The number of nitrogens with one attached hydrogen (secondary N) is 1. The Balaban J connectivity index is 1.14. The molecule has 32 heavy (non-hydrogen) atoms. The lowest BCUT2D eigenvalue weighted by Crippen LogP contribution is -2.28. The molecule has 3 atom stereocenters. The summed E-state index contributed by atoms with van der Waals surface area (Å²) in [6.45, 7) is 4.76. The molecule has 0 radical (unpaired) electrons. The first-order valence-corrected chi connectivity index (χ1v) is 12.4. The number of hydrogen-bond acceptors (Lipinski definition) is 4. The molecule has 1 saturated heterocycles. The number of ketones is 1. The highest BCUT2D eigenvalue weighted by molar-refractivity contribution is 5.96. The Morgan fingerprint density at radius 2 is 1.75 bits per heavy atom. The van der Waals surface area contributed by atoms with Gasteiger partial charge >= 0.3 is 0 Å². The molecule has 2 fully saturated rings. The first-order valence-electron chi connectivity index (χ1n) is 12.4. The molecule has 1 unspecified atom stereocenters. The molecule has 0 spiro atoms. The molecule has 170 valence electrons. The van der Waals surface area contributed by atoms with E-state index >= 15 is 0 Å². The van der Waals surface area contributed by atoms with Crippen molar-refractivity contribution in [3.05, 3.63) is 59.2 Å². The van der Waals surface area contributed by atoms with Crippen LogP contribution < -0.4 is 14.8 Å². The first kappa shape index (κ1) is 21.5. The highest BCUT2D eigenvalue weighted by Gasteiger charge is 2.28. The van der Waals surface area contributed by atoms with Gasteiger partial charge in [-0.1, -0.05) is 37.3 Å². The highest BCUT2D eigenvalue weighted by Crippen LogP contribution is 2.43. The molecule has 5 rings (SSSR count). The number of piperidine rings is 1. The molecular formula is C28H35NO3. The minimum atomic E-state index is 0.310. The number of Topliss-reactive ketones (excluding diaryl/α,β-unsaturated/α-hetero) is 1. The van der Waals surface area contributed by atoms with Crippen LogP contribution in [0.4, 0.5) is 0 Å². The van der Waals surface area contributed by atoms with Crippen molar-refractivity contribution < 1.29 is 14.3 Å². The van der Waals surface area contributed by atoms with Crippen molar-refractivity contribution in [2.45, 2.75) is 63.7 Å². The van der Waals surface area contributed by atoms with Crippen LogP contribution in [0.3, 0.4) is 0 Å². The normalized spacial score (nSPS) is 23.9. The van der Waals surface area contributed by atoms with E-state index in [4.69, 9.17) is 9.47 Å². The van der Waals surface area contributed by atoms with Gasteiger partial charge in [-0.15, -0.1) is 0 Å². The molecule has 0 bridgehead atoms. The molecule has 2 aliphatic heterocycles. The minimum absolute atomic E-state index is 0.310. The van der Waals surface area contributed by atoms with E-state index in [-0.39, 0.29) is 0 Å². The fourth-order valence-corrected chi connectivity index (χ4v) is 5.85. The lowest BCUT2D eigenvalue weighted by Gasteiger charge is -2.21. The molecule has 0 aromatic heterocycles.